The molecule has 0 aliphatic carbocycles. The first-order valence-electron chi connectivity index (χ1n) is 5.98. The van der Waals surface area contributed by atoms with Crippen LogP contribution in [0.2, 0.25) is 0 Å². The summed E-state index contributed by atoms with van der Waals surface area (Å²) in [4.78, 5) is 14.9. The first kappa shape index (κ1) is 13.8. The predicted molar refractivity (Wildman–Crippen MR) is 71.3 cm³/mol. The Morgan fingerprint density at radius 3 is 2.32 bits per heavy atom. The fraction of sp³-hybridized carbons (Fsp3) is 0.500. The highest BCUT2D eigenvalue weighted by Gasteiger charge is 2.51. The zero-order chi connectivity index (χ0) is 14.4. The number of pyridine rings is 1. The van der Waals surface area contributed by atoms with E-state index in [1.54, 1.807) is 0 Å². The van der Waals surface area contributed by atoms with Gasteiger partial charge in [-0.2, -0.15) is 0 Å². The molecule has 3 N–H and O–H groups in total. The van der Waals surface area contributed by atoms with Crippen molar-refractivity contribution < 1.29 is 19.2 Å². The summed E-state index contributed by atoms with van der Waals surface area (Å²) in [6.07, 6.45) is 1.48. The molecular formula is C12H17BN2O4. The zero-order valence-corrected chi connectivity index (χ0v) is 11.4. The highest BCUT2D eigenvalue weighted by Crippen LogP contribution is 2.36. The number of rotatable bonds is 2. The minimum absolute atomic E-state index is 0.0206. The van der Waals surface area contributed by atoms with Crippen molar-refractivity contribution in [3.63, 3.8) is 0 Å². The van der Waals surface area contributed by atoms with Gasteiger partial charge in [0.2, 0.25) is 0 Å². The maximum absolute atomic E-state index is 11.0. The Balaban J connectivity index is 2.35. The molecule has 102 valence electrons. The van der Waals surface area contributed by atoms with Gasteiger partial charge in [0.15, 0.2) is 0 Å². The molecule has 19 heavy (non-hydrogen) atoms. The number of nitrogen functional groups attached to an aromatic ring is 1. The van der Waals surface area contributed by atoms with Crippen LogP contribution in [0.15, 0.2) is 12.3 Å². The maximum atomic E-state index is 11.0. The van der Waals surface area contributed by atoms with Crippen LogP contribution in [0.3, 0.4) is 0 Å². The van der Waals surface area contributed by atoms with Gasteiger partial charge in [-0.3, -0.25) is 0 Å². The average molecular weight is 264 g/mol. The molecule has 0 spiro atoms. The normalized spacial score (nSPS) is 20.5. The quantitative estimate of drug-likeness (QED) is 0.762. The van der Waals surface area contributed by atoms with Gasteiger partial charge in [0, 0.05) is 11.7 Å². The maximum Gasteiger partial charge on any atom is 0.496 e. The van der Waals surface area contributed by atoms with Gasteiger partial charge in [0.05, 0.1) is 11.2 Å². The summed E-state index contributed by atoms with van der Waals surface area (Å²) in [7, 11) is -0.642. The fourth-order valence-corrected chi connectivity index (χ4v) is 1.77. The number of carboxylic acid groups (broad SMARTS) is 1. The molecule has 2 rings (SSSR count). The number of hydrogen-bond acceptors (Lipinski definition) is 5. The summed E-state index contributed by atoms with van der Waals surface area (Å²) in [6.45, 7) is 7.71. The van der Waals surface area contributed by atoms with E-state index in [-0.39, 0.29) is 11.4 Å². The Morgan fingerprint density at radius 1 is 1.32 bits per heavy atom. The molecule has 1 aliphatic rings. The number of nitrogens with two attached hydrogens (primary N) is 1. The zero-order valence-electron chi connectivity index (χ0n) is 11.4. The lowest BCUT2D eigenvalue weighted by atomic mass is 9.79. The van der Waals surface area contributed by atoms with Crippen LogP contribution < -0.4 is 11.2 Å². The van der Waals surface area contributed by atoms with Crippen LogP contribution in [0.4, 0.5) is 5.82 Å². The van der Waals surface area contributed by atoms with E-state index in [9.17, 15) is 4.79 Å². The molecule has 7 heteroatoms. The van der Waals surface area contributed by atoms with E-state index >= 15 is 0 Å². The Labute approximate surface area is 112 Å². The van der Waals surface area contributed by atoms with Gasteiger partial charge in [0.25, 0.3) is 0 Å². The van der Waals surface area contributed by atoms with Crippen LogP contribution in [0.25, 0.3) is 0 Å². The number of aromatic carboxylic acids is 1. The van der Waals surface area contributed by atoms with E-state index in [2.05, 4.69) is 4.98 Å². The minimum Gasteiger partial charge on any atom is -0.478 e. The third-order valence-corrected chi connectivity index (χ3v) is 3.70. The third-order valence-electron chi connectivity index (χ3n) is 3.70. The monoisotopic (exact) mass is 264 g/mol. The summed E-state index contributed by atoms with van der Waals surface area (Å²) in [5.74, 6) is -1.14. The molecular weight excluding hydrogens is 247 g/mol. The Bertz CT molecular complexity index is 514. The van der Waals surface area contributed by atoms with Crippen molar-refractivity contribution in [3.8, 4) is 0 Å². The van der Waals surface area contributed by atoms with Crippen LogP contribution in [-0.4, -0.2) is 34.4 Å². The summed E-state index contributed by atoms with van der Waals surface area (Å²) >= 11 is 0. The molecule has 0 bridgehead atoms. The molecule has 6 nitrogen and oxygen atoms in total. The summed E-state index contributed by atoms with van der Waals surface area (Å²) in [5, 5.41) is 9.04. The Kier molecular flexibility index (Phi) is 3.06. The van der Waals surface area contributed by atoms with Crippen LogP contribution in [-0.2, 0) is 9.31 Å². The number of nitrogens with zero attached hydrogens (tertiary/aromatic N) is 1. The largest absolute Gasteiger partial charge is 0.496 e. The molecule has 0 amide bonds. The van der Waals surface area contributed by atoms with E-state index in [1.807, 2.05) is 27.7 Å². The summed E-state index contributed by atoms with van der Waals surface area (Å²) in [6, 6.07) is 1.44. The average Bonchev–Trinajstić information content (AvgIpc) is 2.48. The van der Waals surface area contributed by atoms with E-state index in [0.29, 0.717) is 5.46 Å². The molecule has 1 saturated heterocycles. The molecule has 1 aromatic rings. The van der Waals surface area contributed by atoms with Crippen molar-refractivity contribution in [2.75, 3.05) is 5.73 Å². The Morgan fingerprint density at radius 2 is 1.84 bits per heavy atom. The van der Waals surface area contributed by atoms with Crippen molar-refractivity contribution in [1.29, 1.82) is 0 Å². The van der Waals surface area contributed by atoms with Crippen molar-refractivity contribution in [2.24, 2.45) is 0 Å². The van der Waals surface area contributed by atoms with Gasteiger partial charge in [-0.15, -0.1) is 0 Å². The summed E-state index contributed by atoms with van der Waals surface area (Å²) < 4.78 is 11.7. The standard InChI is InChI=1S/C12H17BN2O4/c1-11(2)12(3,4)19-13(18-11)7-5-8(10(16)17)9(14)15-6-7/h5-6H,1-4H3,(H2,14,15)(H,16,17). The third kappa shape index (κ3) is 2.31. The molecule has 0 aromatic carbocycles. The predicted octanol–water partition coefficient (Wildman–Crippen LogP) is 0.661. The lowest BCUT2D eigenvalue weighted by Crippen LogP contribution is -2.41. The van der Waals surface area contributed by atoms with Crippen molar-refractivity contribution in [3.05, 3.63) is 17.8 Å². The number of anilines is 1. The Hall–Kier alpha value is -1.60. The summed E-state index contributed by atoms with van der Waals surface area (Å²) in [5.41, 5.74) is 5.05. The van der Waals surface area contributed by atoms with Gasteiger partial charge in [-0.25, -0.2) is 9.78 Å². The molecule has 0 saturated carbocycles. The SMILES string of the molecule is CC1(C)OB(c2cnc(N)c(C(=O)O)c2)OC1(C)C. The topological polar surface area (TPSA) is 94.7 Å². The van der Waals surface area contributed by atoms with Crippen LogP contribution in [0.5, 0.6) is 0 Å². The van der Waals surface area contributed by atoms with E-state index in [0.717, 1.165) is 0 Å². The molecule has 1 aliphatic heterocycles. The lowest BCUT2D eigenvalue weighted by Gasteiger charge is -2.32. The number of hydrogen-bond donors (Lipinski definition) is 2. The number of carbonyl (C=O) groups is 1. The van der Waals surface area contributed by atoms with Gasteiger partial charge < -0.3 is 20.1 Å². The van der Waals surface area contributed by atoms with Crippen molar-refractivity contribution >= 4 is 24.4 Å². The molecule has 1 aromatic heterocycles. The molecule has 2 heterocycles. The second kappa shape index (κ2) is 4.21. The minimum atomic E-state index is -1.12. The van der Waals surface area contributed by atoms with Crippen LogP contribution in [0, 0.1) is 0 Å². The van der Waals surface area contributed by atoms with Crippen molar-refractivity contribution in [2.45, 2.75) is 38.9 Å². The highest BCUT2D eigenvalue weighted by molar-refractivity contribution is 6.62. The van der Waals surface area contributed by atoms with Gasteiger partial charge in [0.1, 0.15) is 11.4 Å². The number of aromatic nitrogens is 1. The van der Waals surface area contributed by atoms with Gasteiger partial charge >= 0.3 is 13.1 Å². The van der Waals surface area contributed by atoms with E-state index in [1.165, 1.54) is 12.3 Å². The first-order valence-corrected chi connectivity index (χ1v) is 5.98. The molecule has 1 fully saturated rings. The molecule has 0 radical (unpaired) electrons. The van der Waals surface area contributed by atoms with Crippen LogP contribution >= 0.6 is 0 Å². The second-order valence-corrected chi connectivity index (χ2v) is 5.59. The van der Waals surface area contributed by atoms with E-state index < -0.39 is 24.3 Å². The smallest absolute Gasteiger partial charge is 0.478 e. The van der Waals surface area contributed by atoms with Gasteiger partial charge in [-0.1, -0.05) is 0 Å². The highest BCUT2D eigenvalue weighted by atomic mass is 16.7. The molecule has 0 atom stereocenters. The van der Waals surface area contributed by atoms with Gasteiger partial charge in [-0.05, 0) is 33.8 Å². The second-order valence-electron chi connectivity index (χ2n) is 5.59. The fourth-order valence-electron chi connectivity index (χ4n) is 1.77. The lowest BCUT2D eigenvalue weighted by molar-refractivity contribution is 0.00578. The van der Waals surface area contributed by atoms with Crippen LogP contribution in [0.1, 0.15) is 38.1 Å². The number of carboxylic acids is 1. The van der Waals surface area contributed by atoms with Crippen molar-refractivity contribution in [1.82, 2.24) is 4.98 Å². The molecule has 0 unspecified atom stereocenters. The first-order chi connectivity index (χ1) is 8.64. The van der Waals surface area contributed by atoms with E-state index in [4.69, 9.17) is 20.1 Å².